The third-order valence-corrected chi connectivity index (χ3v) is 3.26. The Balaban J connectivity index is 2.26. The Labute approximate surface area is 88.3 Å². The van der Waals surface area contributed by atoms with E-state index in [0.29, 0.717) is 13.1 Å². The molecule has 1 aliphatic rings. The van der Waals surface area contributed by atoms with E-state index in [1.807, 2.05) is 25.4 Å². The Kier molecular flexibility index (Phi) is 1.69. The smallest absolute Gasteiger partial charge is 0.115 e. The van der Waals surface area contributed by atoms with Gasteiger partial charge in [-0.1, -0.05) is 12.1 Å². The number of aliphatic hydroxyl groups is 1. The van der Waals surface area contributed by atoms with Gasteiger partial charge in [-0.05, 0) is 17.7 Å². The van der Waals surface area contributed by atoms with E-state index < -0.39 is 5.60 Å². The molecule has 2 aromatic rings. The van der Waals surface area contributed by atoms with Crippen LogP contribution in [0, 0.1) is 0 Å². The zero-order valence-corrected chi connectivity index (χ0v) is 8.70. The van der Waals surface area contributed by atoms with Gasteiger partial charge < -0.3 is 15.0 Å². The molecule has 78 valence electrons. The van der Waals surface area contributed by atoms with E-state index in [0.717, 1.165) is 10.9 Å². The lowest BCUT2D eigenvalue weighted by Crippen LogP contribution is -2.56. The summed E-state index contributed by atoms with van der Waals surface area (Å²) < 4.78 is 2.08. The van der Waals surface area contributed by atoms with Crippen LogP contribution in [0.2, 0.25) is 0 Å². The molecule has 0 atom stereocenters. The number of hydrogen-bond acceptors (Lipinski definition) is 2. The molecule has 1 aromatic heterocycles. The van der Waals surface area contributed by atoms with Gasteiger partial charge >= 0.3 is 0 Å². The summed E-state index contributed by atoms with van der Waals surface area (Å²) in [7, 11) is 2.02. The maximum absolute atomic E-state index is 10.3. The first-order valence-corrected chi connectivity index (χ1v) is 5.18. The third kappa shape index (κ3) is 1.14. The van der Waals surface area contributed by atoms with Crippen molar-refractivity contribution in [3.05, 3.63) is 36.0 Å². The van der Waals surface area contributed by atoms with Gasteiger partial charge in [-0.2, -0.15) is 0 Å². The van der Waals surface area contributed by atoms with Crippen molar-refractivity contribution < 1.29 is 5.11 Å². The number of β-amino-alcohol motifs (C(OH)–C–C–N with tert-alkyl or cyclic N) is 1. The fraction of sp³-hybridized carbons (Fsp3) is 0.333. The van der Waals surface area contributed by atoms with Crippen LogP contribution in [-0.4, -0.2) is 22.8 Å². The first-order valence-electron chi connectivity index (χ1n) is 5.18. The Morgan fingerprint density at radius 3 is 2.80 bits per heavy atom. The van der Waals surface area contributed by atoms with Gasteiger partial charge in [0.2, 0.25) is 0 Å². The van der Waals surface area contributed by atoms with E-state index in [1.54, 1.807) is 0 Å². The molecule has 0 aliphatic carbocycles. The Hall–Kier alpha value is -1.32. The molecule has 0 saturated carbocycles. The number of fused-ring (bicyclic) bond motifs is 1. The second kappa shape index (κ2) is 2.84. The van der Waals surface area contributed by atoms with Crippen molar-refractivity contribution in [2.45, 2.75) is 5.60 Å². The monoisotopic (exact) mass is 202 g/mol. The van der Waals surface area contributed by atoms with E-state index >= 15 is 0 Å². The van der Waals surface area contributed by atoms with E-state index in [2.05, 4.69) is 22.0 Å². The van der Waals surface area contributed by atoms with Gasteiger partial charge in [0.15, 0.2) is 0 Å². The number of aromatic nitrogens is 1. The summed E-state index contributed by atoms with van der Waals surface area (Å²) in [6.07, 6.45) is 2.03. The molecule has 15 heavy (non-hydrogen) atoms. The first kappa shape index (κ1) is 8.95. The largest absolute Gasteiger partial charge is 0.382 e. The number of aryl methyl sites for hydroxylation is 1. The molecule has 1 saturated heterocycles. The van der Waals surface area contributed by atoms with Crippen LogP contribution in [0.5, 0.6) is 0 Å². The number of rotatable bonds is 1. The maximum atomic E-state index is 10.3. The zero-order valence-electron chi connectivity index (χ0n) is 8.70. The molecular formula is C12H14N2O. The summed E-state index contributed by atoms with van der Waals surface area (Å²) in [6.45, 7) is 1.31. The van der Waals surface area contributed by atoms with Gasteiger partial charge in [0, 0.05) is 37.2 Å². The summed E-state index contributed by atoms with van der Waals surface area (Å²) in [5.41, 5.74) is 1.55. The quantitative estimate of drug-likeness (QED) is 0.723. The molecule has 2 heterocycles. The van der Waals surface area contributed by atoms with Gasteiger partial charge in [0.05, 0.1) is 0 Å². The normalized spacial score (nSPS) is 19.1. The highest BCUT2D eigenvalue weighted by molar-refractivity contribution is 5.84. The summed E-state index contributed by atoms with van der Waals surface area (Å²) in [6, 6.07) is 8.17. The van der Waals surface area contributed by atoms with Crippen LogP contribution in [0.25, 0.3) is 10.9 Å². The van der Waals surface area contributed by atoms with Crippen molar-refractivity contribution in [3.63, 3.8) is 0 Å². The SMILES string of the molecule is Cn1ccc2c(C3(O)CNC3)cccc21. The van der Waals surface area contributed by atoms with E-state index in [1.165, 1.54) is 5.52 Å². The molecule has 3 rings (SSSR count). The van der Waals surface area contributed by atoms with Crippen LogP contribution < -0.4 is 5.32 Å². The van der Waals surface area contributed by atoms with Gasteiger partial charge in [0.25, 0.3) is 0 Å². The standard InChI is InChI=1S/C12H14N2O/c1-14-6-5-9-10(3-2-4-11(9)14)12(15)7-13-8-12/h2-6,13,15H,7-8H2,1H3. The van der Waals surface area contributed by atoms with Crippen molar-refractivity contribution in [1.29, 1.82) is 0 Å². The topological polar surface area (TPSA) is 37.2 Å². The van der Waals surface area contributed by atoms with Gasteiger partial charge in [-0.15, -0.1) is 0 Å². The molecular weight excluding hydrogens is 188 g/mol. The lowest BCUT2D eigenvalue weighted by Gasteiger charge is -2.38. The fourth-order valence-corrected chi connectivity index (χ4v) is 2.26. The average Bonchev–Trinajstić information content (AvgIpc) is 2.57. The van der Waals surface area contributed by atoms with Crippen molar-refractivity contribution >= 4 is 10.9 Å². The number of nitrogens with zero attached hydrogens (tertiary/aromatic N) is 1. The predicted octanol–water partition coefficient (Wildman–Crippen LogP) is 0.969. The Morgan fingerprint density at radius 1 is 1.33 bits per heavy atom. The molecule has 0 radical (unpaired) electrons. The van der Waals surface area contributed by atoms with Gasteiger partial charge in [-0.3, -0.25) is 0 Å². The Bertz CT molecular complexity index is 511. The second-order valence-electron chi connectivity index (χ2n) is 4.30. The number of nitrogens with one attached hydrogen (secondary N) is 1. The van der Waals surface area contributed by atoms with Gasteiger partial charge in [0.1, 0.15) is 5.60 Å². The molecule has 1 aliphatic heterocycles. The zero-order chi connectivity index (χ0) is 10.5. The van der Waals surface area contributed by atoms with Crippen LogP contribution in [-0.2, 0) is 12.6 Å². The minimum Gasteiger partial charge on any atom is -0.382 e. The van der Waals surface area contributed by atoms with E-state index in [4.69, 9.17) is 0 Å². The number of hydrogen-bond donors (Lipinski definition) is 2. The highest BCUT2D eigenvalue weighted by Gasteiger charge is 2.37. The summed E-state index contributed by atoms with van der Waals surface area (Å²) in [5, 5.41) is 14.6. The molecule has 0 bridgehead atoms. The molecule has 1 aromatic carbocycles. The van der Waals surface area contributed by atoms with Crippen LogP contribution in [0.3, 0.4) is 0 Å². The lowest BCUT2D eigenvalue weighted by atomic mass is 9.86. The molecule has 1 fully saturated rings. The van der Waals surface area contributed by atoms with Crippen molar-refractivity contribution in [2.24, 2.45) is 7.05 Å². The molecule has 3 heteroatoms. The Morgan fingerprint density at radius 2 is 2.13 bits per heavy atom. The average molecular weight is 202 g/mol. The van der Waals surface area contributed by atoms with Crippen molar-refractivity contribution in [3.8, 4) is 0 Å². The highest BCUT2D eigenvalue weighted by Crippen LogP contribution is 2.31. The van der Waals surface area contributed by atoms with Crippen molar-refractivity contribution in [2.75, 3.05) is 13.1 Å². The first-order chi connectivity index (χ1) is 7.21. The second-order valence-corrected chi connectivity index (χ2v) is 4.30. The molecule has 0 unspecified atom stereocenters. The van der Waals surface area contributed by atoms with Gasteiger partial charge in [-0.25, -0.2) is 0 Å². The maximum Gasteiger partial charge on any atom is 0.115 e. The minimum absolute atomic E-state index is 0.654. The van der Waals surface area contributed by atoms with E-state index in [9.17, 15) is 5.11 Å². The number of benzene rings is 1. The predicted molar refractivity (Wildman–Crippen MR) is 59.7 cm³/mol. The fourth-order valence-electron chi connectivity index (χ4n) is 2.26. The van der Waals surface area contributed by atoms with Crippen LogP contribution in [0.1, 0.15) is 5.56 Å². The van der Waals surface area contributed by atoms with Crippen molar-refractivity contribution in [1.82, 2.24) is 9.88 Å². The third-order valence-electron chi connectivity index (χ3n) is 3.26. The summed E-state index contributed by atoms with van der Waals surface area (Å²) in [5.74, 6) is 0. The minimum atomic E-state index is -0.666. The van der Waals surface area contributed by atoms with Crippen LogP contribution in [0.4, 0.5) is 0 Å². The summed E-state index contributed by atoms with van der Waals surface area (Å²) in [4.78, 5) is 0. The van der Waals surface area contributed by atoms with Crippen LogP contribution in [0.15, 0.2) is 30.5 Å². The van der Waals surface area contributed by atoms with E-state index in [-0.39, 0.29) is 0 Å². The molecule has 0 spiro atoms. The lowest BCUT2D eigenvalue weighted by molar-refractivity contribution is -0.0132. The molecule has 3 nitrogen and oxygen atoms in total. The van der Waals surface area contributed by atoms with Crippen LogP contribution >= 0.6 is 0 Å². The highest BCUT2D eigenvalue weighted by atomic mass is 16.3. The molecule has 0 amide bonds. The molecule has 2 N–H and O–H groups in total. The summed E-state index contributed by atoms with van der Waals surface area (Å²) >= 11 is 0.